The Morgan fingerprint density at radius 3 is 1.83 bits per heavy atom. The standard InChI is InChI=1S/C26H21N3O5P.C5H5.Fe/c1-18(27-17-19-15-20(28(31)32)16-24(26(19)30)29(33)34)23-13-8-14-25(23)35(21-9-4-2-5-10-21)22-11-6-3-7-12-22;1-2-4-5-3-1;/h2-18,30H,1H3;1-5H;/q;;+2/t18-;;/m1../s1. The number of nitro groups is 2. The first kappa shape index (κ1) is 32.4. The van der Waals surface area contributed by atoms with Crippen LogP contribution in [0.2, 0.25) is 0 Å². The zero-order valence-corrected chi connectivity index (χ0v) is 23.9. The summed E-state index contributed by atoms with van der Waals surface area (Å²) in [4.78, 5) is 25.4. The first-order valence-corrected chi connectivity index (χ1v) is 13.7. The van der Waals surface area contributed by atoms with E-state index in [0.29, 0.717) is 0 Å². The summed E-state index contributed by atoms with van der Waals surface area (Å²) in [7, 11) is -0.863. The van der Waals surface area contributed by atoms with Crippen molar-refractivity contribution in [3.8, 4) is 5.75 Å². The van der Waals surface area contributed by atoms with Crippen molar-refractivity contribution in [3.63, 3.8) is 0 Å². The Morgan fingerprint density at radius 2 is 1.34 bits per heavy atom. The molecule has 10 heteroatoms. The van der Waals surface area contributed by atoms with Gasteiger partial charge in [0, 0.05) is 29.4 Å². The smallest absolute Gasteiger partial charge is 0.502 e. The summed E-state index contributed by atoms with van der Waals surface area (Å²) in [5.41, 5.74) is -0.191. The predicted molar refractivity (Wildman–Crippen MR) is 158 cm³/mol. The Labute approximate surface area is 252 Å². The van der Waals surface area contributed by atoms with Crippen LogP contribution in [-0.4, -0.2) is 27.2 Å². The van der Waals surface area contributed by atoms with Crippen molar-refractivity contribution in [3.05, 3.63) is 162 Å². The Kier molecular flexibility index (Phi) is 12.5. The Hall–Kier alpha value is -3.12. The van der Waals surface area contributed by atoms with Crippen LogP contribution < -0.4 is 10.6 Å². The zero-order chi connectivity index (χ0) is 28.5. The molecule has 8 nitrogen and oxygen atoms in total. The summed E-state index contributed by atoms with van der Waals surface area (Å²) in [6.45, 7) is 1.88. The van der Waals surface area contributed by atoms with E-state index in [1.54, 1.807) is 0 Å². The van der Waals surface area contributed by atoms with Gasteiger partial charge in [0.1, 0.15) is 0 Å². The monoisotopic (exact) mass is 607 g/mol. The molecule has 0 heterocycles. The molecule has 2 saturated carbocycles. The minimum atomic E-state index is -0.863. The molecule has 1 N–H and O–H groups in total. The first-order valence-electron chi connectivity index (χ1n) is 12.4. The average Bonchev–Trinajstić information content (AvgIpc) is 3.70. The third-order valence-corrected chi connectivity index (χ3v) is 8.57. The van der Waals surface area contributed by atoms with Gasteiger partial charge in [0.15, 0.2) is 0 Å². The number of nitrogens with zero attached hydrogens (tertiary/aromatic N) is 3. The van der Waals surface area contributed by atoms with Gasteiger partial charge in [-0.25, -0.2) is 0 Å². The number of hydrogen-bond donors (Lipinski definition) is 1. The van der Waals surface area contributed by atoms with E-state index >= 15 is 0 Å². The molecule has 0 saturated heterocycles. The quantitative estimate of drug-likeness (QED) is 0.113. The van der Waals surface area contributed by atoms with Crippen LogP contribution in [0.4, 0.5) is 11.4 Å². The summed E-state index contributed by atoms with van der Waals surface area (Å²) in [6.07, 6.45) is 17.3. The maximum absolute atomic E-state index is 11.2. The van der Waals surface area contributed by atoms with Crippen LogP contribution in [-0.2, 0) is 17.1 Å². The number of aromatic hydroxyl groups is 1. The van der Waals surface area contributed by atoms with Crippen molar-refractivity contribution >= 4 is 36.1 Å². The number of benzene rings is 3. The van der Waals surface area contributed by atoms with Gasteiger partial charge >= 0.3 is 22.8 Å². The molecule has 10 radical (unpaired) electrons. The molecular formula is C31H26FeN3O5P+2. The molecular weight excluding hydrogens is 581 g/mol. The molecule has 2 aliphatic rings. The van der Waals surface area contributed by atoms with E-state index < -0.39 is 34.9 Å². The van der Waals surface area contributed by atoms with Gasteiger partial charge in [-0.15, -0.1) is 0 Å². The minimum Gasteiger partial charge on any atom is -0.502 e. The maximum atomic E-state index is 11.2. The predicted octanol–water partition coefficient (Wildman–Crippen LogP) is 5.90. The van der Waals surface area contributed by atoms with Crippen LogP contribution in [0.25, 0.3) is 0 Å². The van der Waals surface area contributed by atoms with Gasteiger partial charge in [0.05, 0.1) is 22.0 Å². The van der Waals surface area contributed by atoms with Crippen LogP contribution >= 0.6 is 7.92 Å². The number of non-ortho nitro benzene ring substituents is 1. The van der Waals surface area contributed by atoms with Crippen LogP contribution in [0, 0.1) is 83.2 Å². The number of rotatable bonds is 8. The normalized spacial score (nSPS) is 16.2. The van der Waals surface area contributed by atoms with Crippen molar-refractivity contribution in [1.29, 1.82) is 0 Å². The van der Waals surface area contributed by atoms with Crippen molar-refractivity contribution in [1.82, 2.24) is 0 Å². The van der Waals surface area contributed by atoms with Crippen LogP contribution in [0.15, 0.2) is 77.8 Å². The van der Waals surface area contributed by atoms with E-state index in [0.717, 1.165) is 23.7 Å². The van der Waals surface area contributed by atoms with Gasteiger partial charge in [-0.1, -0.05) is 60.7 Å². The second-order valence-electron chi connectivity index (χ2n) is 8.71. The summed E-state index contributed by atoms with van der Waals surface area (Å²) >= 11 is 0. The van der Waals surface area contributed by atoms with Crippen molar-refractivity contribution < 1.29 is 32.0 Å². The molecule has 0 spiro atoms. The molecule has 0 bridgehead atoms. The molecule has 3 aromatic rings. The number of nitro benzene ring substituents is 2. The van der Waals surface area contributed by atoms with Crippen LogP contribution in [0.5, 0.6) is 5.75 Å². The van der Waals surface area contributed by atoms with Crippen molar-refractivity contribution in [2.24, 2.45) is 4.99 Å². The molecule has 0 aromatic heterocycles. The van der Waals surface area contributed by atoms with E-state index in [1.165, 1.54) is 16.8 Å². The topological polar surface area (TPSA) is 119 Å². The summed E-state index contributed by atoms with van der Waals surface area (Å²) in [6, 6.07) is 21.8. The van der Waals surface area contributed by atoms with Gasteiger partial charge in [-0.05, 0) is 76.8 Å². The molecule has 0 amide bonds. The fourth-order valence-corrected chi connectivity index (χ4v) is 6.67. The van der Waals surface area contributed by atoms with Crippen LogP contribution in [0.3, 0.4) is 0 Å². The van der Waals surface area contributed by atoms with Gasteiger partial charge < -0.3 is 5.11 Å². The Morgan fingerprint density at radius 1 is 0.805 bits per heavy atom. The first-order chi connectivity index (χ1) is 19.4. The molecule has 206 valence electrons. The summed E-state index contributed by atoms with van der Waals surface area (Å²) in [5.74, 6) is 0.314. The summed E-state index contributed by atoms with van der Waals surface area (Å²) in [5, 5.41) is 35.1. The van der Waals surface area contributed by atoms with E-state index in [4.69, 9.17) is 0 Å². The van der Waals surface area contributed by atoms with E-state index in [-0.39, 0.29) is 28.7 Å². The molecule has 5 rings (SSSR count). The minimum absolute atomic E-state index is 0. The van der Waals surface area contributed by atoms with E-state index in [2.05, 4.69) is 35.7 Å². The SMILES string of the molecule is C[C@@H](N=Cc1cc([N+](=O)[O-])cc([N+](=O)[O-])c1O)[C]1[CH][CH][CH][C]1P(c1ccccc1)c1ccccc1.[CH]1[CH][CH][CH][CH]1.[Fe+2]. The van der Waals surface area contributed by atoms with Crippen molar-refractivity contribution in [2.75, 3.05) is 0 Å². The maximum Gasteiger partial charge on any atom is 2.00 e. The molecule has 1 atom stereocenters. The van der Waals surface area contributed by atoms with Crippen LogP contribution in [0.1, 0.15) is 12.5 Å². The van der Waals surface area contributed by atoms with E-state index in [9.17, 15) is 25.3 Å². The number of phenols is 1. The molecule has 2 fully saturated rings. The fourth-order valence-electron chi connectivity index (χ4n) is 4.12. The number of phenolic OH excluding ortho intramolecular Hbond substituents is 1. The largest absolute Gasteiger partial charge is 2.00 e. The summed E-state index contributed by atoms with van der Waals surface area (Å²) < 4.78 is 0. The zero-order valence-electron chi connectivity index (χ0n) is 21.9. The number of aliphatic imine (C=N–C) groups is 1. The Balaban J connectivity index is 0.000000696. The molecule has 0 unspecified atom stereocenters. The molecule has 41 heavy (non-hydrogen) atoms. The van der Waals surface area contributed by atoms with Gasteiger partial charge in [0.25, 0.3) is 5.69 Å². The van der Waals surface area contributed by atoms with E-state index in [1.807, 2.05) is 88.3 Å². The van der Waals surface area contributed by atoms with Gasteiger partial charge in [0.2, 0.25) is 5.75 Å². The Bertz CT molecular complexity index is 1270. The number of hydrogen-bond acceptors (Lipinski definition) is 6. The van der Waals surface area contributed by atoms with Gasteiger partial charge in [-0.3, -0.25) is 25.2 Å². The molecule has 2 aliphatic carbocycles. The van der Waals surface area contributed by atoms with Gasteiger partial charge in [-0.2, -0.15) is 0 Å². The second kappa shape index (κ2) is 15.8. The average molecular weight is 607 g/mol. The fraction of sp³-hybridized carbons (Fsp3) is 0.0645. The third-order valence-electron chi connectivity index (χ3n) is 6.05. The molecule has 3 aromatic carbocycles. The second-order valence-corrected chi connectivity index (χ2v) is 10.9. The van der Waals surface area contributed by atoms with Crippen molar-refractivity contribution in [2.45, 2.75) is 13.0 Å². The molecule has 0 aliphatic heterocycles. The third kappa shape index (κ3) is 8.45.